The Bertz CT molecular complexity index is 294. The van der Waals surface area contributed by atoms with Gasteiger partial charge in [-0.05, 0) is 18.6 Å². The molecule has 14 heavy (non-hydrogen) atoms. The molecule has 4 nitrogen and oxygen atoms in total. The van der Waals surface area contributed by atoms with E-state index in [2.05, 4.69) is 0 Å². The number of fused-ring (bicyclic) bond motifs is 1. The van der Waals surface area contributed by atoms with E-state index in [9.17, 15) is 9.59 Å². The third kappa shape index (κ3) is 1.78. The molecule has 2 aliphatic rings. The van der Waals surface area contributed by atoms with Crippen LogP contribution < -0.4 is 0 Å². The summed E-state index contributed by atoms with van der Waals surface area (Å²) in [5.41, 5.74) is 0. The molecule has 1 heterocycles. The van der Waals surface area contributed by atoms with E-state index in [1.54, 1.807) is 6.08 Å². The number of carbonyl (C=O) groups is 2. The van der Waals surface area contributed by atoms with Gasteiger partial charge in [-0.15, -0.1) is 0 Å². The van der Waals surface area contributed by atoms with Crippen LogP contribution in [0.4, 0.5) is 0 Å². The zero-order chi connectivity index (χ0) is 10.1. The summed E-state index contributed by atoms with van der Waals surface area (Å²) < 4.78 is 10.1. The first-order valence-electron chi connectivity index (χ1n) is 4.70. The van der Waals surface area contributed by atoms with Crippen molar-refractivity contribution < 1.29 is 19.1 Å². The molecule has 1 saturated heterocycles. The average Bonchev–Trinajstić information content (AvgIpc) is 2.42. The molecule has 76 valence electrons. The molecular weight excluding hydrogens is 184 g/mol. The van der Waals surface area contributed by atoms with Crippen molar-refractivity contribution in [1.82, 2.24) is 0 Å². The van der Waals surface area contributed by atoms with Crippen molar-refractivity contribution in [2.75, 3.05) is 0 Å². The molecule has 3 atom stereocenters. The van der Waals surface area contributed by atoms with Gasteiger partial charge in [0.25, 0.3) is 0 Å². The Balaban J connectivity index is 1.99. The van der Waals surface area contributed by atoms with Gasteiger partial charge in [0.15, 0.2) is 0 Å². The SMILES string of the molecule is CC(=O)O[C@@H]1C=C[C@@H]2OC(=O)C[C@@H]2C1. The fraction of sp³-hybridized carbons (Fsp3) is 0.600. The summed E-state index contributed by atoms with van der Waals surface area (Å²) in [5.74, 6) is -0.270. The molecular formula is C10H12O4. The Morgan fingerprint density at radius 3 is 3.07 bits per heavy atom. The maximum absolute atomic E-state index is 11.0. The van der Waals surface area contributed by atoms with Gasteiger partial charge in [-0.3, -0.25) is 9.59 Å². The molecule has 4 heteroatoms. The summed E-state index contributed by atoms with van der Waals surface area (Å²) in [6.45, 7) is 1.39. The predicted octanol–water partition coefficient (Wildman–Crippen LogP) is 0.810. The minimum absolute atomic E-state index is 0.102. The fourth-order valence-corrected chi connectivity index (χ4v) is 1.95. The summed E-state index contributed by atoms with van der Waals surface area (Å²) in [7, 11) is 0. The number of ether oxygens (including phenoxy) is 2. The molecule has 0 spiro atoms. The van der Waals surface area contributed by atoms with Gasteiger partial charge in [0.1, 0.15) is 12.2 Å². The van der Waals surface area contributed by atoms with Crippen LogP contribution in [0.25, 0.3) is 0 Å². The highest BCUT2D eigenvalue weighted by Gasteiger charge is 2.37. The third-order valence-corrected chi connectivity index (χ3v) is 2.53. The monoisotopic (exact) mass is 196 g/mol. The van der Waals surface area contributed by atoms with Crippen molar-refractivity contribution in [3.05, 3.63) is 12.2 Å². The van der Waals surface area contributed by atoms with Gasteiger partial charge in [-0.2, -0.15) is 0 Å². The molecule has 0 amide bonds. The van der Waals surface area contributed by atoms with Crippen molar-refractivity contribution in [3.63, 3.8) is 0 Å². The van der Waals surface area contributed by atoms with Crippen molar-refractivity contribution in [2.24, 2.45) is 5.92 Å². The lowest BCUT2D eigenvalue weighted by Gasteiger charge is -2.23. The van der Waals surface area contributed by atoms with Crippen LogP contribution in [0.5, 0.6) is 0 Å². The summed E-state index contributed by atoms with van der Waals surface area (Å²) >= 11 is 0. The lowest BCUT2D eigenvalue weighted by atomic mass is 9.89. The molecule has 0 unspecified atom stereocenters. The smallest absolute Gasteiger partial charge is 0.306 e. The largest absolute Gasteiger partial charge is 0.458 e. The Kier molecular flexibility index (Phi) is 2.27. The second-order valence-electron chi connectivity index (χ2n) is 3.69. The maximum Gasteiger partial charge on any atom is 0.306 e. The van der Waals surface area contributed by atoms with Gasteiger partial charge >= 0.3 is 11.9 Å². The first kappa shape index (κ1) is 9.24. The summed E-state index contributed by atoms with van der Waals surface area (Å²) in [4.78, 5) is 21.7. The Labute approximate surface area is 81.9 Å². The second-order valence-corrected chi connectivity index (χ2v) is 3.69. The van der Waals surface area contributed by atoms with Gasteiger partial charge in [-0.25, -0.2) is 0 Å². The van der Waals surface area contributed by atoms with Gasteiger partial charge in [0, 0.05) is 12.8 Å². The minimum atomic E-state index is -0.289. The molecule has 0 aromatic heterocycles. The second kappa shape index (κ2) is 3.44. The third-order valence-electron chi connectivity index (χ3n) is 2.53. The highest BCUT2D eigenvalue weighted by Crippen LogP contribution is 2.32. The molecule has 1 fully saturated rings. The van der Waals surface area contributed by atoms with Crippen molar-refractivity contribution in [2.45, 2.75) is 32.0 Å². The lowest BCUT2D eigenvalue weighted by Crippen LogP contribution is -2.27. The maximum atomic E-state index is 11.0. The van der Waals surface area contributed by atoms with Crippen LogP contribution in [0.3, 0.4) is 0 Å². The van der Waals surface area contributed by atoms with E-state index >= 15 is 0 Å². The number of esters is 2. The van der Waals surface area contributed by atoms with Crippen molar-refractivity contribution in [3.8, 4) is 0 Å². The molecule has 0 N–H and O–H groups in total. The van der Waals surface area contributed by atoms with E-state index < -0.39 is 0 Å². The standard InChI is InChI=1S/C10H12O4/c1-6(11)13-8-2-3-9-7(4-8)5-10(12)14-9/h2-3,7-9H,4-5H2,1H3/t7-,8+,9-/m0/s1. The van der Waals surface area contributed by atoms with Gasteiger partial charge in [-0.1, -0.05) is 0 Å². The van der Waals surface area contributed by atoms with E-state index in [1.807, 2.05) is 6.08 Å². The zero-order valence-corrected chi connectivity index (χ0v) is 7.93. The van der Waals surface area contributed by atoms with Crippen LogP contribution in [0.15, 0.2) is 12.2 Å². The van der Waals surface area contributed by atoms with E-state index in [0.717, 1.165) is 0 Å². The van der Waals surface area contributed by atoms with Crippen LogP contribution in [0.2, 0.25) is 0 Å². The summed E-state index contributed by atoms with van der Waals surface area (Å²) in [5, 5.41) is 0. The van der Waals surface area contributed by atoms with E-state index in [0.29, 0.717) is 12.8 Å². The lowest BCUT2D eigenvalue weighted by molar-refractivity contribution is -0.146. The van der Waals surface area contributed by atoms with Crippen LogP contribution in [-0.4, -0.2) is 24.1 Å². The highest BCUT2D eigenvalue weighted by molar-refractivity contribution is 5.72. The zero-order valence-electron chi connectivity index (χ0n) is 7.93. The van der Waals surface area contributed by atoms with Gasteiger partial charge < -0.3 is 9.47 Å². The quantitative estimate of drug-likeness (QED) is 0.460. The normalized spacial score (nSPS) is 34.9. The number of hydrogen-bond donors (Lipinski definition) is 0. The molecule has 0 bridgehead atoms. The van der Waals surface area contributed by atoms with Gasteiger partial charge in [0.05, 0.1) is 6.42 Å². The van der Waals surface area contributed by atoms with Crippen LogP contribution in [-0.2, 0) is 19.1 Å². The molecule has 0 aromatic rings. The van der Waals surface area contributed by atoms with E-state index in [-0.39, 0.29) is 30.1 Å². The predicted molar refractivity (Wildman–Crippen MR) is 47.3 cm³/mol. The van der Waals surface area contributed by atoms with Crippen LogP contribution in [0, 0.1) is 5.92 Å². The Morgan fingerprint density at radius 2 is 2.36 bits per heavy atom. The van der Waals surface area contributed by atoms with E-state index in [4.69, 9.17) is 9.47 Å². The molecule has 1 aliphatic carbocycles. The first-order valence-corrected chi connectivity index (χ1v) is 4.70. The molecule has 0 radical (unpaired) electrons. The number of hydrogen-bond acceptors (Lipinski definition) is 4. The molecule has 0 saturated carbocycles. The summed E-state index contributed by atoms with van der Waals surface area (Å²) in [6, 6.07) is 0. The topological polar surface area (TPSA) is 52.6 Å². The van der Waals surface area contributed by atoms with Crippen molar-refractivity contribution in [1.29, 1.82) is 0 Å². The molecule has 0 aromatic carbocycles. The number of carbonyl (C=O) groups excluding carboxylic acids is 2. The van der Waals surface area contributed by atoms with Crippen molar-refractivity contribution >= 4 is 11.9 Å². The summed E-state index contributed by atoms with van der Waals surface area (Å²) in [6.07, 6.45) is 4.44. The van der Waals surface area contributed by atoms with Crippen LogP contribution in [0.1, 0.15) is 19.8 Å². The van der Waals surface area contributed by atoms with E-state index in [1.165, 1.54) is 6.92 Å². The Hall–Kier alpha value is -1.32. The minimum Gasteiger partial charge on any atom is -0.458 e. The van der Waals surface area contributed by atoms with Gasteiger partial charge in [0.2, 0.25) is 0 Å². The first-order chi connectivity index (χ1) is 6.65. The highest BCUT2D eigenvalue weighted by atomic mass is 16.6. The average molecular weight is 196 g/mol. The number of rotatable bonds is 1. The molecule has 1 aliphatic heterocycles. The van der Waals surface area contributed by atoms with Crippen LogP contribution >= 0.6 is 0 Å². The Morgan fingerprint density at radius 1 is 1.57 bits per heavy atom. The fourth-order valence-electron chi connectivity index (χ4n) is 1.95. The molecule has 2 rings (SSSR count).